The average Bonchev–Trinajstić information content (AvgIpc) is 2.00. The van der Waals surface area contributed by atoms with E-state index >= 15 is 0 Å². The van der Waals surface area contributed by atoms with Crippen LogP contribution in [-0.2, 0) is 4.74 Å². The van der Waals surface area contributed by atoms with Crippen molar-refractivity contribution >= 4 is 0 Å². The van der Waals surface area contributed by atoms with Crippen LogP contribution >= 0.6 is 0 Å². The third kappa shape index (κ3) is 2.05. The molecule has 78 valence electrons. The van der Waals surface area contributed by atoms with Crippen LogP contribution in [0.1, 0.15) is 33.6 Å². The number of nitrogens with two attached hydrogens (primary N) is 1. The Bertz CT molecular complexity index is 152. The average molecular weight is 185 g/mol. The van der Waals surface area contributed by atoms with Crippen molar-refractivity contribution in [1.29, 1.82) is 0 Å². The van der Waals surface area contributed by atoms with E-state index in [4.69, 9.17) is 10.5 Å². The molecule has 0 aliphatic carbocycles. The van der Waals surface area contributed by atoms with Gasteiger partial charge in [-0.1, -0.05) is 27.2 Å². The molecule has 1 saturated heterocycles. The Morgan fingerprint density at radius 1 is 1.38 bits per heavy atom. The lowest BCUT2D eigenvalue weighted by Crippen LogP contribution is -2.52. The highest BCUT2D eigenvalue weighted by molar-refractivity contribution is 4.93. The molecule has 1 unspecified atom stereocenters. The zero-order valence-electron chi connectivity index (χ0n) is 9.18. The van der Waals surface area contributed by atoms with Gasteiger partial charge >= 0.3 is 0 Å². The Balaban J connectivity index is 2.61. The molecule has 0 bridgehead atoms. The SMILES string of the molecule is CCCC1(C(CN)C(C)C)COC1. The third-order valence-corrected chi connectivity index (χ3v) is 3.37. The summed E-state index contributed by atoms with van der Waals surface area (Å²) in [4.78, 5) is 0. The van der Waals surface area contributed by atoms with Gasteiger partial charge < -0.3 is 10.5 Å². The molecule has 1 aliphatic heterocycles. The van der Waals surface area contributed by atoms with Crippen LogP contribution in [0.3, 0.4) is 0 Å². The molecule has 2 N–H and O–H groups in total. The molecular weight excluding hydrogens is 162 g/mol. The van der Waals surface area contributed by atoms with E-state index in [1.165, 1.54) is 12.8 Å². The van der Waals surface area contributed by atoms with Crippen molar-refractivity contribution in [3.05, 3.63) is 0 Å². The molecule has 0 amide bonds. The summed E-state index contributed by atoms with van der Waals surface area (Å²) < 4.78 is 5.37. The van der Waals surface area contributed by atoms with E-state index in [1.807, 2.05) is 0 Å². The molecule has 1 heterocycles. The summed E-state index contributed by atoms with van der Waals surface area (Å²) in [5, 5.41) is 0. The van der Waals surface area contributed by atoms with Crippen molar-refractivity contribution < 1.29 is 4.74 Å². The number of hydrogen-bond acceptors (Lipinski definition) is 2. The summed E-state index contributed by atoms with van der Waals surface area (Å²) in [6.07, 6.45) is 2.51. The minimum absolute atomic E-state index is 0.414. The maximum Gasteiger partial charge on any atom is 0.0548 e. The van der Waals surface area contributed by atoms with Gasteiger partial charge in [-0.3, -0.25) is 0 Å². The Kier molecular flexibility index (Phi) is 3.74. The highest BCUT2D eigenvalue weighted by Crippen LogP contribution is 2.43. The molecular formula is C11H23NO. The lowest BCUT2D eigenvalue weighted by Gasteiger charge is -2.48. The van der Waals surface area contributed by atoms with Crippen LogP contribution in [0.2, 0.25) is 0 Å². The number of hydrogen-bond donors (Lipinski definition) is 1. The van der Waals surface area contributed by atoms with Crippen LogP contribution in [0, 0.1) is 17.3 Å². The first kappa shape index (κ1) is 11.0. The van der Waals surface area contributed by atoms with Crippen molar-refractivity contribution in [1.82, 2.24) is 0 Å². The Morgan fingerprint density at radius 2 is 2.00 bits per heavy atom. The van der Waals surface area contributed by atoms with Crippen LogP contribution in [0.25, 0.3) is 0 Å². The molecule has 2 heteroatoms. The Morgan fingerprint density at radius 3 is 2.23 bits per heavy atom. The Hall–Kier alpha value is -0.0800. The summed E-state index contributed by atoms with van der Waals surface area (Å²) in [5.41, 5.74) is 6.26. The summed E-state index contributed by atoms with van der Waals surface area (Å²) in [7, 11) is 0. The van der Waals surface area contributed by atoms with E-state index in [-0.39, 0.29) is 0 Å². The molecule has 13 heavy (non-hydrogen) atoms. The van der Waals surface area contributed by atoms with Crippen LogP contribution in [0.5, 0.6) is 0 Å². The third-order valence-electron chi connectivity index (χ3n) is 3.37. The molecule has 1 aliphatic rings. The largest absolute Gasteiger partial charge is 0.380 e. The topological polar surface area (TPSA) is 35.2 Å². The highest BCUT2D eigenvalue weighted by Gasteiger charge is 2.44. The Labute approximate surface area is 81.8 Å². The molecule has 0 spiro atoms. The minimum atomic E-state index is 0.414. The smallest absolute Gasteiger partial charge is 0.0548 e. The van der Waals surface area contributed by atoms with Gasteiger partial charge in [-0.05, 0) is 24.8 Å². The molecule has 0 aromatic heterocycles. The predicted octanol–water partition coefficient (Wildman–Crippen LogP) is 2.03. The second-order valence-corrected chi connectivity index (χ2v) is 4.69. The molecule has 2 nitrogen and oxygen atoms in total. The van der Waals surface area contributed by atoms with Gasteiger partial charge in [-0.25, -0.2) is 0 Å². The van der Waals surface area contributed by atoms with Gasteiger partial charge in [0.05, 0.1) is 13.2 Å². The van der Waals surface area contributed by atoms with Crippen LogP contribution in [0.4, 0.5) is 0 Å². The minimum Gasteiger partial charge on any atom is -0.380 e. The fourth-order valence-corrected chi connectivity index (χ4v) is 2.64. The maximum absolute atomic E-state index is 5.84. The number of rotatable bonds is 5. The van der Waals surface area contributed by atoms with Crippen LogP contribution in [-0.4, -0.2) is 19.8 Å². The number of ether oxygens (including phenoxy) is 1. The molecule has 1 fully saturated rings. The standard InChI is InChI=1S/C11H23NO/c1-4-5-11(7-13-8-11)10(6-12)9(2)3/h9-10H,4-8,12H2,1-3H3. The zero-order chi connectivity index (χ0) is 9.90. The van der Waals surface area contributed by atoms with Crippen molar-refractivity contribution in [2.45, 2.75) is 33.6 Å². The molecule has 0 radical (unpaired) electrons. The van der Waals surface area contributed by atoms with Gasteiger partial charge in [0.25, 0.3) is 0 Å². The second kappa shape index (κ2) is 4.43. The molecule has 0 aromatic rings. The predicted molar refractivity (Wildman–Crippen MR) is 55.5 cm³/mol. The van der Waals surface area contributed by atoms with Gasteiger partial charge in [0.15, 0.2) is 0 Å². The fraction of sp³-hybridized carbons (Fsp3) is 1.00. The maximum atomic E-state index is 5.84. The van der Waals surface area contributed by atoms with Gasteiger partial charge in [-0.2, -0.15) is 0 Å². The van der Waals surface area contributed by atoms with Crippen LogP contribution < -0.4 is 5.73 Å². The van der Waals surface area contributed by atoms with Gasteiger partial charge in [0, 0.05) is 5.41 Å². The van der Waals surface area contributed by atoms with Crippen molar-refractivity contribution in [3.63, 3.8) is 0 Å². The van der Waals surface area contributed by atoms with E-state index in [9.17, 15) is 0 Å². The zero-order valence-corrected chi connectivity index (χ0v) is 9.18. The summed E-state index contributed by atoms with van der Waals surface area (Å²) in [6.45, 7) is 9.46. The van der Waals surface area contributed by atoms with Gasteiger partial charge in [0.2, 0.25) is 0 Å². The van der Waals surface area contributed by atoms with Crippen molar-refractivity contribution in [2.75, 3.05) is 19.8 Å². The first-order valence-corrected chi connectivity index (χ1v) is 5.44. The van der Waals surface area contributed by atoms with Crippen LogP contribution in [0.15, 0.2) is 0 Å². The van der Waals surface area contributed by atoms with E-state index in [2.05, 4.69) is 20.8 Å². The molecule has 0 saturated carbocycles. The first-order valence-electron chi connectivity index (χ1n) is 5.44. The summed E-state index contributed by atoms with van der Waals surface area (Å²) in [5.74, 6) is 1.32. The summed E-state index contributed by atoms with van der Waals surface area (Å²) in [6, 6.07) is 0. The van der Waals surface area contributed by atoms with E-state index in [0.717, 1.165) is 19.8 Å². The van der Waals surface area contributed by atoms with Gasteiger partial charge in [0.1, 0.15) is 0 Å². The highest BCUT2D eigenvalue weighted by atomic mass is 16.5. The second-order valence-electron chi connectivity index (χ2n) is 4.69. The molecule has 0 aromatic carbocycles. The quantitative estimate of drug-likeness (QED) is 0.711. The van der Waals surface area contributed by atoms with E-state index in [1.54, 1.807) is 0 Å². The normalized spacial score (nSPS) is 22.8. The lowest BCUT2D eigenvalue weighted by molar-refractivity contribution is -0.157. The monoisotopic (exact) mass is 185 g/mol. The van der Waals surface area contributed by atoms with E-state index in [0.29, 0.717) is 17.3 Å². The molecule has 1 rings (SSSR count). The fourth-order valence-electron chi connectivity index (χ4n) is 2.64. The first-order chi connectivity index (χ1) is 6.16. The summed E-state index contributed by atoms with van der Waals surface area (Å²) >= 11 is 0. The van der Waals surface area contributed by atoms with Crippen molar-refractivity contribution in [3.8, 4) is 0 Å². The van der Waals surface area contributed by atoms with Crippen molar-refractivity contribution in [2.24, 2.45) is 23.0 Å². The van der Waals surface area contributed by atoms with Gasteiger partial charge in [-0.15, -0.1) is 0 Å². The molecule has 1 atom stereocenters. The van der Waals surface area contributed by atoms with E-state index < -0.39 is 0 Å². The lowest BCUT2D eigenvalue weighted by atomic mass is 9.66.